The summed E-state index contributed by atoms with van der Waals surface area (Å²) in [6.45, 7) is 0. The largest absolute Gasteiger partial charge is 0.508 e. The highest BCUT2D eigenvalue weighted by Crippen LogP contribution is 2.34. The number of phenolic OH excluding ortho intramolecular Hbond substituents is 1. The number of fused-ring (bicyclic) bond motifs is 2. The van der Waals surface area contributed by atoms with E-state index in [2.05, 4.69) is 4.98 Å². The first-order valence-electron chi connectivity index (χ1n) is 6.83. The van der Waals surface area contributed by atoms with Gasteiger partial charge >= 0.3 is 0 Å². The van der Waals surface area contributed by atoms with E-state index < -0.39 is 0 Å². The van der Waals surface area contributed by atoms with Gasteiger partial charge in [0.25, 0.3) is 0 Å². The van der Waals surface area contributed by atoms with Gasteiger partial charge in [-0.15, -0.1) is 0 Å². The van der Waals surface area contributed by atoms with E-state index in [1.165, 1.54) is 12.1 Å². The maximum Gasteiger partial charge on any atom is 0.231 e. The summed E-state index contributed by atoms with van der Waals surface area (Å²) < 4.78 is 5.58. The fraction of sp³-hybridized carbons (Fsp3) is 0. The normalized spacial score (nSPS) is 15.1. The Hall–Kier alpha value is -3.14. The first kappa shape index (κ1) is 12.6. The number of aromatic nitrogens is 1. The monoisotopic (exact) mass is 289 g/mol. The summed E-state index contributed by atoms with van der Waals surface area (Å²) >= 11 is 0. The second-order valence-corrected chi connectivity index (χ2v) is 5.04. The smallest absolute Gasteiger partial charge is 0.231 e. The van der Waals surface area contributed by atoms with Crippen molar-refractivity contribution in [1.29, 1.82) is 0 Å². The van der Waals surface area contributed by atoms with Gasteiger partial charge in [-0.2, -0.15) is 0 Å². The van der Waals surface area contributed by atoms with Crippen molar-refractivity contribution in [3.8, 4) is 11.5 Å². The molecule has 0 fully saturated rings. The summed E-state index contributed by atoms with van der Waals surface area (Å²) in [6.07, 6.45) is 3.41. The van der Waals surface area contributed by atoms with Gasteiger partial charge in [0.1, 0.15) is 11.5 Å². The van der Waals surface area contributed by atoms with Gasteiger partial charge in [-0.3, -0.25) is 9.78 Å². The number of para-hydroxylation sites is 1. The van der Waals surface area contributed by atoms with Gasteiger partial charge in [0.05, 0.1) is 11.1 Å². The first-order valence-corrected chi connectivity index (χ1v) is 6.83. The molecule has 3 aromatic rings. The number of ketones is 1. The molecular weight excluding hydrogens is 278 g/mol. The second kappa shape index (κ2) is 4.70. The predicted octanol–water partition coefficient (Wildman–Crippen LogP) is 3.56. The Balaban J connectivity index is 1.82. The Morgan fingerprint density at radius 2 is 1.95 bits per heavy atom. The Bertz CT molecular complexity index is 939. The number of benzene rings is 2. The van der Waals surface area contributed by atoms with E-state index in [1.807, 2.05) is 30.3 Å². The molecule has 1 N–H and O–H groups in total. The number of nitrogens with zero attached hydrogens (tertiary/aromatic N) is 1. The molecule has 0 saturated heterocycles. The van der Waals surface area contributed by atoms with Crippen molar-refractivity contribution in [2.24, 2.45) is 0 Å². The molecule has 0 unspecified atom stereocenters. The van der Waals surface area contributed by atoms with Crippen LogP contribution < -0.4 is 4.74 Å². The molecule has 0 radical (unpaired) electrons. The average molecular weight is 289 g/mol. The van der Waals surface area contributed by atoms with Gasteiger partial charge in [0.15, 0.2) is 5.76 Å². The highest BCUT2D eigenvalue weighted by Gasteiger charge is 2.27. The number of aromatic hydroxyl groups is 1. The summed E-state index contributed by atoms with van der Waals surface area (Å²) in [6, 6.07) is 14.0. The lowest BCUT2D eigenvalue weighted by atomic mass is 10.1. The minimum atomic E-state index is -0.184. The van der Waals surface area contributed by atoms with Crippen LogP contribution in [0.4, 0.5) is 0 Å². The molecule has 4 nitrogen and oxygen atoms in total. The van der Waals surface area contributed by atoms with E-state index in [4.69, 9.17) is 4.74 Å². The molecule has 1 aromatic heterocycles. The number of phenols is 1. The molecule has 2 aromatic carbocycles. The molecule has 0 amide bonds. The molecule has 1 aliphatic heterocycles. The molecule has 0 spiro atoms. The molecule has 106 valence electrons. The van der Waals surface area contributed by atoms with E-state index in [0.717, 1.165) is 16.5 Å². The van der Waals surface area contributed by atoms with Crippen molar-refractivity contribution in [1.82, 2.24) is 4.98 Å². The molecular formula is C18H11NO3. The molecule has 0 bridgehead atoms. The number of rotatable bonds is 1. The highest BCUT2D eigenvalue weighted by molar-refractivity contribution is 6.15. The number of ether oxygens (including phenoxy) is 1. The maximum absolute atomic E-state index is 12.4. The van der Waals surface area contributed by atoms with E-state index in [1.54, 1.807) is 18.3 Å². The van der Waals surface area contributed by atoms with E-state index in [9.17, 15) is 9.90 Å². The van der Waals surface area contributed by atoms with Gasteiger partial charge < -0.3 is 9.84 Å². The third-order valence-electron chi connectivity index (χ3n) is 3.62. The van der Waals surface area contributed by atoms with E-state index >= 15 is 0 Å². The van der Waals surface area contributed by atoms with Crippen LogP contribution in [0.5, 0.6) is 11.5 Å². The number of hydrogen-bond acceptors (Lipinski definition) is 4. The minimum Gasteiger partial charge on any atom is -0.508 e. The molecule has 0 atom stereocenters. The number of allylic oxidation sites excluding steroid dienone is 1. The van der Waals surface area contributed by atoms with Crippen molar-refractivity contribution in [2.75, 3.05) is 0 Å². The van der Waals surface area contributed by atoms with Gasteiger partial charge in [-0.25, -0.2) is 0 Å². The second-order valence-electron chi connectivity index (χ2n) is 5.04. The van der Waals surface area contributed by atoms with Gasteiger partial charge in [0.2, 0.25) is 5.78 Å². The average Bonchev–Trinajstić information content (AvgIpc) is 2.83. The third kappa shape index (κ3) is 1.93. The van der Waals surface area contributed by atoms with Crippen LogP contribution in [0, 0.1) is 0 Å². The Morgan fingerprint density at radius 3 is 2.86 bits per heavy atom. The van der Waals surface area contributed by atoms with Crippen LogP contribution in [-0.4, -0.2) is 15.9 Å². The lowest BCUT2D eigenvalue weighted by Crippen LogP contribution is -1.98. The van der Waals surface area contributed by atoms with Crippen LogP contribution in [0.2, 0.25) is 0 Å². The Labute approximate surface area is 126 Å². The molecule has 4 heteroatoms. The number of hydrogen-bond donors (Lipinski definition) is 1. The minimum absolute atomic E-state index is 0.0714. The summed E-state index contributed by atoms with van der Waals surface area (Å²) in [5.74, 6) is 0.518. The maximum atomic E-state index is 12.4. The van der Waals surface area contributed by atoms with Crippen molar-refractivity contribution >= 4 is 22.8 Å². The van der Waals surface area contributed by atoms with E-state index in [0.29, 0.717) is 11.3 Å². The number of pyridine rings is 1. The quantitative estimate of drug-likeness (QED) is 0.696. The topological polar surface area (TPSA) is 59.4 Å². The van der Waals surface area contributed by atoms with Crippen LogP contribution in [0.1, 0.15) is 15.9 Å². The predicted molar refractivity (Wildman–Crippen MR) is 82.8 cm³/mol. The number of carbonyl (C=O) groups is 1. The Morgan fingerprint density at radius 1 is 1.09 bits per heavy atom. The van der Waals surface area contributed by atoms with Crippen LogP contribution in [0.25, 0.3) is 17.0 Å². The SMILES string of the molecule is O=C1/C(=C/c2ccnc3ccccc23)Oc2cc(O)ccc21. The van der Waals surface area contributed by atoms with Crippen molar-refractivity contribution < 1.29 is 14.6 Å². The molecule has 1 aliphatic rings. The lowest BCUT2D eigenvalue weighted by Gasteiger charge is -2.02. The standard InChI is InChI=1S/C18H11NO3/c20-12-5-6-14-16(10-12)22-17(18(14)21)9-11-7-8-19-15-4-2-1-3-13(11)15/h1-10,20H/b17-9-. The number of Topliss-reactive ketones (excluding diaryl/α,β-unsaturated/α-hetero) is 1. The third-order valence-corrected chi connectivity index (χ3v) is 3.62. The van der Waals surface area contributed by atoms with Crippen LogP contribution in [0.15, 0.2) is 60.5 Å². The van der Waals surface area contributed by atoms with Crippen LogP contribution in [-0.2, 0) is 0 Å². The zero-order valence-corrected chi connectivity index (χ0v) is 11.5. The summed E-state index contributed by atoms with van der Waals surface area (Å²) in [7, 11) is 0. The number of carbonyl (C=O) groups excluding carboxylic acids is 1. The first-order chi connectivity index (χ1) is 10.7. The molecule has 4 rings (SSSR count). The molecule has 0 aliphatic carbocycles. The highest BCUT2D eigenvalue weighted by atomic mass is 16.5. The van der Waals surface area contributed by atoms with Gasteiger partial charge in [-0.1, -0.05) is 18.2 Å². The van der Waals surface area contributed by atoms with Crippen LogP contribution in [0.3, 0.4) is 0 Å². The fourth-order valence-electron chi connectivity index (χ4n) is 2.56. The Kier molecular flexibility index (Phi) is 2.69. The van der Waals surface area contributed by atoms with Gasteiger partial charge in [-0.05, 0) is 35.9 Å². The molecule has 2 heterocycles. The summed E-state index contributed by atoms with van der Waals surface area (Å²) in [5.41, 5.74) is 2.19. The summed E-state index contributed by atoms with van der Waals surface area (Å²) in [4.78, 5) is 16.7. The molecule has 22 heavy (non-hydrogen) atoms. The lowest BCUT2D eigenvalue weighted by molar-refractivity contribution is 0.101. The summed E-state index contributed by atoms with van der Waals surface area (Å²) in [5, 5.41) is 10.4. The van der Waals surface area contributed by atoms with E-state index in [-0.39, 0.29) is 17.3 Å². The zero-order chi connectivity index (χ0) is 15.1. The zero-order valence-electron chi connectivity index (χ0n) is 11.5. The molecule has 0 saturated carbocycles. The van der Waals surface area contributed by atoms with Gasteiger partial charge in [0, 0.05) is 17.6 Å². The van der Waals surface area contributed by atoms with Crippen molar-refractivity contribution in [3.63, 3.8) is 0 Å². The van der Waals surface area contributed by atoms with Crippen molar-refractivity contribution in [3.05, 3.63) is 71.6 Å². The van der Waals surface area contributed by atoms with Crippen molar-refractivity contribution in [2.45, 2.75) is 0 Å². The fourth-order valence-corrected chi connectivity index (χ4v) is 2.56. The van der Waals surface area contributed by atoms with Crippen LogP contribution >= 0.6 is 0 Å².